The van der Waals surface area contributed by atoms with Gasteiger partial charge in [0.25, 0.3) is 0 Å². The number of hydrogen-bond acceptors (Lipinski definition) is 8. The fourth-order valence-corrected chi connectivity index (χ4v) is 8.34. The number of amides is 1. The van der Waals surface area contributed by atoms with Crippen molar-refractivity contribution in [1.29, 1.82) is 0 Å². The normalized spacial score (nSPS) is 41.8. The van der Waals surface area contributed by atoms with Crippen LogP contribution in [0.4, 0.5) is 4.39 Å². The molecule has 6 rings (SSSR count). The molecule has 9 nitrogen and oxygen atoms in total. The molecule has 0 bridgehead atoms. The number of ether oxygens (including phenoxy) is 1. The lowest BCUT2D eigenvalue weighted by Crippen LogP contribution is -2.66. The molecule has 0 aromatic carbocycles. The maximum absolute atomic E-state index is 14.8. The summed E-state index contributed by atoms with van der Waals surface area (Å²) < 4.78 is 20.2. The van der Waals surface area contributed by atoms with E-state index in [4.69, 9.17) is 16.2 Å². The van der Waals surface area contributed by atoms with Crippen molar-refractivity contribution >= 4 is 5.91 Å². The molecular weight excluding hydrogens is 473 g/mol. The largest absolute Gasteiger partial charge is 0.378 e. The van der Waals surface area contributed by atoms with Crippen molar-refractivity contribution in [2.24, 2.45) is 28.2 Å². The van der Waals surface area contributed by atoms with Gasteiger partial charge in [0.2, 0.25) is 5.91 Å². The Kier molecular flexibility index (Phi) is 7.37. The van der Waals surface area contributed by atoms with Crippen LogP contribution in [0, 0.1) is 16.7 Å². The minimum atomic E-state index is -0.805. The van der Waals surface area contributed by atoms with Crippen molar-refractivity contribution in [1.82, 2.24) is 25.8 Å². The van der Waals surface area contributed by atoms with E-state index in [9.17, 15) is 9.18 Å². The number of piperidine rings is 1. The molecule has 0 aromatic heterocycles. The summed E-state index contributed by atoms with van der Waals surface area (Å²) in [6, 6.07) is 0.627. The molecule has 0 aromatic rings. The lowest BCUT2D eigenvalue weighted by atomic mass is 9.73. The third kappa shape index (κ3) is 4.99. The molecule has 37 heavy (non-hydrogen) atoms. The predicted molar refractivity (Wildman–Crippen MR) is 140 cm³/mol. The van der Waals surface area contributed by atoms with Gasteiger partial charge >= 0.3 is 0 Å². The van der Waals surface area contributed by atoms with Gasteiger partial charge in [-0.1, -0.05) is 12.8 Å². The zero-order valence-corrected chi connectivity index (χ0v) is 22.1. The maximum Gasteiger partial charge on any atom is 0.227 e. The molecule has 4 heterocycles. The van der Waals surface area contributed by atoms with E-state index >= 15 is 0 Å². The summed E-state index contributed by atoms with van der Waals surface area (Å²) in [7, 11) is 0. The zero-order chi connectivity index (χ0) is 25.6. The molecule has 208 valence electrons. The summed E-state index contributed by atoms with van der Waals surface area (Å²) in [6.07, 6.45) is 8.41. The number of halogens is 1. The number of allylic oxidation sites excluding steroid dienone is 1. The molecule has 4 aliphatic heterocycles. The molecule has 3 saturated heterocycles. The van der Waals surface area contributed by atoms with Gasteiger partial charge in [-0.2, -0.15) is 0 Å². The third-order valence-electron chi connectivity index (χ3n) is 10.6. The first kappa shape index (κ1) is 26.1. The van der Waals surface area contributed by atoms with E-state index in [1.807, 2.05) is 6.08 Å². The molecule has 6 aliphatic rings. The average Bonchev–Trinajstić information content (AvgIpc) is 3.48. The zero-order valence-electron chi connectivity index (χ0n) is 22.1. The number of piperazine rings is 1. The topological polar surface area (TPSA) is 121 Å². The average molecular weight is 520 g/mol. The van der Waals surface area contributed by atoms with Gasteiger partial charge in [0.1, 0.15) is 5.83 Å². The summed E-state index contributed by atoms with van der Waals surface area (Å²) in [6.45, 7) is 7.64. The first-order valence-electron chi connectivity index (χ1n) is 14.6. The van der Waals surface area contributed by atoms with Crippen molar-refractivity contribution in [3.8, 4) is 0 Å². The van der Waals surface area contributed by atoms with Crippen LogP contribution in [0.15, 0.2) is 11.9 Å². The van der Waals surface area contributed by atoms with E-state index in [1.54, 1.807) is 0 Å². The second kappa shape index (κ2) is 10.4. The highest BCUT2D eigenvalue weighted by Crippen LogP contribution is 2.74. The lowest BCUT2D eigenvalue weighted by Gasteiger charge is -2.47. The van der Waals surface area contributed by atoms with Crippen LogP contribution in [-0.2, 0) is 9.53 Å². The van der Waals surface area contributed by atoms with E-state index in [1.165, 1.54) is 6.42 Å². The number of rotatable bonds is 6. The van der Waals surface area contributed by atoms with Gasteiger partial charge in [-0.15, -0.1) is 0 Å². The van der Waals surface area contributed by atoms with Crippen LogP contribution in [0.2, 0.25) is 0 Å². The van der Waals surface area contributed by atoms with Crippen molar-refractivity contribution in [2.75, 3.05) is 59.0 Å². The van der Waals surface area contributed by atoms with Crippen LogP contribution in [0.1, 0.15) is 44.9 Å². The molecule has 0 spiro atoms. The number of nitrogens with zero attached hydrogens (tertiary/aromatic N) is 2. The molecule has 6 atom stereocenters. The number of carbonyl (C=O) groups is 1. The van der Waals surface area contributed by atoms with Gasteiger partial charge in [0, 0.05) is 51.4 Å². The fraction of sp³-hybridized carbons (Fsp3) is 0.889. The summed E-state index contributed by atoms with van der Waals surface area (Å²) in [5.74, 6) is -0.805. The summed E-state index contributed by atoms with van der Waals surface area (Å²) in [5.41, 5.74) is 12.6. The fourth-order valence-electron chi connectivity index (χ4n) is 8.34. The number of carbonyl (C=O) groups excluding carboxylic acids is 1. The predicted octanol–water partition coefficient (Wildman–Crippen LogP) is -0.125. The van der Waals surface area contributed by atoms with Crippen LogP contribution in [0.3, 0.4) is 0 Å². The minimum Gasteiger partial charge on any atom is -0.378 e. The van der Waals surface area contributed by atoms with Crippen molar-refractivity contribution < 1.29 is 13.9 Å². The van der Waals surface area contributed by atoms with Crippen LogP contribution >= 0.6 is 0 Å². The van der Waals surface area contributed by atoms with Gasteiger partial charge in [0.05, 0.1) is 37.4 Å². The number of nitrogens with two attached hydrogens (primary N) is 2. The summed E-state index contributed by atoms with van der Waals surface area (Å²) >= 11 is 0. The van der Waals surface area contributed by atoms with Crippen molar-refractivity contribution in [3.05, 3.63) is 11.9 Å². The highest BCUT2D eigenvalue weighted by molar-refractivity contribution is 5.80. The number of nitrogens with one attached hydrogen (secondary N) is 3. The Morgan fingerprint density at radius 2 is 1.92 bits per heavy atom. The van der Waals surface area contributed by atoms with Gasteiger partial charge < -0.3 is 32.2 Å². The molecule has 2 aliphatic carbocycles. The molecule has 1 amide bonds. The Morgan fingerprint density at radius 3 is 2.65 bits per heavy atom. The monoisotopic (exact) mass is 519 g/mol. The Hall–Kier alpha value is -1.14. The Bertz CT molecular complexity index is 877. The third-order valence-corrected chi connectivity index (χ3v) is 10.6. The Balaban J connectivity index is 1.13. The molecule has 10 heteroatoms. The van der Waals surface area contributed by atoms with Crippen LogP contribution in [0.25, 0.3) is 0 Å². The van der Waals surface area contributed by atoms with Gasteiger partial charge in [-0.05, 0) is 55.6 Å². The minimum absolute atomic E-state index is 0.000802. The van der Waals surface area contributed by atoms with E-state index in [0.29, 0.717) is 12.1 Å². The molecular formula is C27H46FN7O2. The quantitative estimate of drug-likeness (QED) is 0.308. The second-order valence-electron chi connectivity index (χ2n) is 12.6. The molecule has 0 radical (unpaired) electrons. The highest BCUT2D eigenvalue weighted by Gasteiger charge is 2.67. The second-order valence-corrected chi connectivity index (χ2v) is 12.6. The van der Waals surface area contributed by atoms with E-state index in [0.717, 1.165) is 91.0 Å². The van der Waals surface area contributed by atoms with Gasteiger partial charge in [0.15, 0.2) is 0 Å². The molecule has 6 unspecified atom stereocenters. The van der Waals surface area contributed by atoms with Crippen LogP contribution < -0.4 is 27.4 Å². The van der Waals surface area contributed by atoms with Crippen molar-refractivity contribution in [3.63, 3.8) is 0 Å². The lowest BCUT2D eigenvalue weighted by molar-refractivity contribution is -0.128. The first-order chi connectivity index (χ1) is 17.9. The van der Waals surface area contributed by atoms with Crippen LogP contribution in [-0.4, -0.2) is 105 Å². The van der Waals surface area contributed by atoms with Gasteiger partial charge in [-0.3, -0.25) is 14.6 Å². The first-order valence-corrected chi connectivity index (χ1v) is 14.6. The summed E-state index contributed by atoms with van der Waals surface area (Å²) in [4.78, 5) is 18.9. The highest BCUT2D eigenvalue weighted by atomic mass is 19.1. The maximum atomic E-state index is 14.8. The SMILES string of the molecule is NC(N)C(C(=O)NC1CNCCC1N1CCN(C2COC2)CC1)C1CC23CCCCC2(/C=C(/F)CN1)C3. The van der Waals surface area contributed by atoms with E-state index in [-0.39, 0.29) is 41.2 Å². The van der Waals surface area contributed by atoms with E-state index < -0.39 is 12.1 Å². The Labute approximate surface area is 220 Å². The molecule has 5 fully saturated rings. The standard InChI is InChI=1S/C27H46FN7O2/c28-18-11-26-4-1-2-5-27(26,17-26)12-20(32-13-18)23(24(29)30)25(36)33-21-14-31-6-3-22(21)35-9-7-34(8-10-35)19-15-37-16-19/h11,19-24,31-32H,1-10,12-17,29-30H2,(H,33,36)/b18-11+. The van der Waals surface area contributed by atoms with Crippen molar-refractivity contribution in [2.45, 2.75) is 75.3 Å². The molecule has 2 saturated carbocycles. The molecule has 7 N–H and O–H groups in total. The smallest absolute Gasteiger partial charge is 0.227 e. The Morgan fingerprint density at radius 1 is 1.16 bits per heavy atom. The number of hydrogen-bond donors (Lipinski definition) is 5. The van der Waals surface area contributed by atoms with Crippen LogP contribution in [0.5, 0.6) is 0 Å². The summed E-state index contributed by atoms with van der Waals surface area (Å²) in [5, 5.41) is 10.2. The van der Waals surface area contributed by atoms with Gasteiger partial charge in [-0.25, -0.2) is 4.39 Å². The van der Waals surface area contributed by atoms with E-state index in [2.05, 4.69) is 25.8 Å².